The minimum absolute atomic E-state index is 0.184. The van der Waals surface area contributed by atoms with Crippen LogP contribution in [0.4, 0.5) is 0 Å². The number of nitrogens with two attached hydrogens (primary N) is 1. The zero-order valence-corrected chi connectivity index (χ0v) is 10.8. The molecule has 0 saturated heterocycles. The molecule has 0 amide bonds. The normalized spacial score (nSPS) is 12.4. The predicted octanol–water partition coefficient (Wildman–Crippen LogP) is 2.38. The van der Waals surface area contributed by atoms with E-state index in [1.54, 1.807) is 0 Å². The molecule has 0 aromatic heterocycles. The van der Waals surface area contributed by atoms with Crippen LogP contribution in [0.1, 0.15) is 25.8 Å². The molecular weight excluding hydrogens is 214 g/mol. The maximum Gasteiger partial charge on any atom is 0.119 e. The largest absolute Gasteiger partial charge is 0.493 e. The molecule has 1 atom stereocenters. The van der Waals surface area contributed by atoms with Crippen LogP contribution in [-0.4, -0.2) is 25.9 Å². The van der Waals surface area contributed by atoms with E-state index >= 15 is 0 Å². The van der Waals surface area contributed by atoms with Crippen LogP contribution in [0, 0.1) is 0 Å². The molecule has 1 unspecified atom stereocenters. The highest BCUT2D eigenvalue weighted by Gasteiger charge is 2.00. The molecule has 2 N–H and O–H groups in total. The highest BCUT2D eigenvalue weighted by Crippen LogP contribution is 2.14. The van der Waals surface area contributed by atoms with E-state index in [0.29, 0.717) is 6.61 Å². The third-order valence-electron chi connectivity index (χ3n) is 2.36. The molecule has 3 heteroatoms. The zero-order valence-electron chi connectivity index (χ0n) is 10.8. The van der Waals surface area contributed by atoms with Crippen molar-refractivity contribution in [3.8, 4) is 5.75 Å². The van der Waals surface area contributed by atoms with Gasteiger partial charge in [0.2, 0.25) is 0 Å². The van der Waals surface area contributed by atoms with Crippen LogP contribution < -0.4 is 10.5 Å². The maximum atomic E-state index is 5.77. The number of rotatable bonds is 8. The lowest BCUT2D eigenvalue weighted by Gasteiger charge is -2.09. The first kappa shape index (κ1) is 14.0. The molecule has 0 aliphatic carbocycles. The lowest BCUT2D eigenvalue weighted by molar-refractivity contribution is 0.131. The van der Waals surface area contributed by atoms with Crippen LogP contribution in [-0.2, 0) is 11.2 Å². The van der Waals surface area contributed by atoms with Crippen molar-refractivity contribution in [1.29, 1.82) is 0 Å². The molecule has 0 spiro atoms. The third-order valence-corrected chi connectivity index (χ3v) is 2.36. The van der Waals surface area contributed by atoms with Crippen LogP contribution in [0.5, 0.6) is 5.75 Å². The Hall–Kier alpha value is -1.06. The maximum absolute atomic E-state index is 5.77. The van der Waals surface area contributed by atoms with Crippen molar-refractivity contribution >= 4 is 0 Å². The summed E-state index contributed by atoms with van der Waals surface area (Å²) in [5.41, 5.74) is 7.00. The van der Waals surface area contributed by atoms with Crippen molar-refractivity contribution in [2.24, 2.45) is 5.73 Å². The van der Waals surface area contributed by atoms with E-state index in [9.17, 15) is 0 Å². The second-order valence-electron chi connectivity index (χ2n) is 4.23. The molecule has 0 bridgehead atoms. The fourth-order valence-corrected chi connectivity index (χ4v) is 1.63. The van der Waals surface area contributed by atoms with E-state index < -0.39 is 0 Å². The Labute approximate surface area is 104 Å². The summed E-state index contributed by atoms with van der Waals surface area (Å²) in [6, 6.07) is 8.31. The van der Waals surface area contributed by atoms with Gasteiger partial charge in [-0.2, -0.15) is 0 Å². The molecule has 0 aliphatic rings. The lowest BCUT2D eigenvalue weighted by atomic mass is 10.1. The molecule has 1 aromatic carbocycles. The van der Waals surface area contributed by atoms with E-state index in [2.05, 4.69) is 12.1 Å². The number of hydrogen-bond donors (Lipinski definition) is 1. The van der Waals surface area contributed by atoms with Crippen molar-refractivity contribution in [3.63, 3.8) is 0 Å². The topological polar surface area (TPSA) is 44.5 Å². The third kappa shape index (κ3) is 6.29. The van der Waals surface area contributed by atoms with E-state index in [0.717, 1.165) is 31.8 Å². The molecule has 0 heterocycles. The number of hydrogen-bond acceptors (Lipinski definition) is 3. The molecule has 1 aromatic rings. The molecule has 96 valence electrons. The van der Waals surface area contributed by atoms with Gasteiger partial charge < -0.3 is 15.2 Å². The van der Waals surface area contributed by atoms with Crippen LogP contribution in [0.25, 0.3) is 0 Å². The quantitative estimate of drug-likeness (QED) is 0.706. The average Bonchev–Trinajstić information content (AvgIpc) is 2.28. The van der Waals surface area contributed by atoms with Gasteiger partial charge in [-0.1, -0.05) is 12.1 Å². The summed E-state index contributed by atoms with van der Waals surface area (Å²) < 4.78 is 10.9. The van der Waals surface area contributed by atoms with Gasteiger partial charge in [0.05, 0.1) is 6.61 Å². The van der Waals surface area contributed by atoms with Crippen molar-refractivity contribution < 1.29 is 9.47 Å². The first-order valence-electron chi connectivity index (χ1n) is 6.27. The van der Waals surface area contributed by atoms with Crippen molar-refractivity contribution in [2.45, 2.75) is 32.7 Å². The SMILES string of the molecule is CCOCCCOc1cccc(CC(C)N)c1. The van der Waals surface area contributed by atoms with Crippen LogP contribution in [0.2, 0.25) is 0 Å². The Bertz CT molecular complexity index is 313. The van der Waals surface area contributed by atoms with Gasteiger partial charge >= 0.3 is 0 Å². The Balaban J connectivity index is 2.32. The van der Waals surface area contributed by atoms with E-state index in [1.807, 2.05) is 26.0 Å². The summed E-state index contributed by atoms with van der Waals surface area (Å²) in [7, 11) is 0. The molecule has 1 rings (SSSR count). The monoisotopic (exact) mass is 237 g/mol. The summed E-state index contributed by atoms with van der Waals surface area (Å²) in [4.78, 5) is 0. The van der Waals surface area contributed by atoms with E-state index in [4.69, 9.17) is 15.2 Å². The van der Waals surface area contributed by atoms with Gasteiger partial charge in [0.15, 0.2) is 0 Å². The molecule has 17 heavy (non-hydrogen) atoms. The minimum atomic E-state index is 0.184. The first-order chi connectivity index (χ1) is 8.22. The van der Waals surface area contributed by atoms with Gasteiger partial charge in [0.1, 0.15) is 5.75 Å². The van der Waals surface area contributed by atoms with Gasteiger partial charge in [0.25, 0.3) is 0 Å². The fraction of sp³-hybridized carbons (Fsp3) is 0.571. The lowest BCUT2D eigenvalue weighted by Crippen LogP contribution is -2.17. The highest BCUT2D eigenvalue weighted by atomic mass is 16.5. The Morgan fingerprint density at radius 2 is 2.12 bits per heavy atom. The Kier molecular flexibility index (Phi) is 6.67. The minimum Gasteiger partial charge on any atom is -0.493 e. The smallest absolute Gasteiger partial charge is 0.119 e. The van der Waals surface area contributed by atoms with Gasteiger partial charge in [-0.05, 0) is 38.0 Å². The van der Waals surface area contributed by atoms with Crippen LogP contribution in [0.15, 0.2) is 24.3 Å². The van der Waals surface area contributed by atoms with Gasteiger partial charge in [-0.3, -0.25) is 0 Å². The molecule has 0 fully saturated rings. The van der Waals surface area contributed by atoms with Crippen LogP contribution in [0.3, 0.4) is 0 Å². The standard InChI is InChI=1S/C14H23NO2/c1-3-16-8-5-9-17-14-7-4-6-13(11-14)10-12(2)15/h4,6-7,11-12H,3,5,8-10,15H2,1-2H3. The molecule has 3 nitrogen and oxygen atoms in total. The Morgan fingerprint density at radius 1 is 1.29 bits per heavy atom. The van der Waals surface area contributed by atoms with Crippen molar-refractivity contribution in [3.05, 3.63) is 29.8 Å². The molecular formula is C14H23NO2. The van der Waals surface area contributed by atoms with E-state index in [-0.39, 0.29) is 6.04 Å². The van der Waals surface area contributed by atoms with Crippen LogP contribution >= 0.6 is 0 Å². The molecule has 0 radical (unpaired) electrons. The second kappa shape index (κ2) is 8.09. The average molecular weight is 237 g/mol. The summed E-state index contributed by atoms with van der Waals surface area (Å²) in [6.07, 6.45) is 1.81. The fourth-order valence-electron chi connectivity index (χ4n) is 1.63. The second-order valence-corrected chi connectivity index (χ2v) is 4.23. The molecule has 0 aliphatic heterocycles. The van der Waals surface area contributed by atoms with Gasteiger partial charge in [-0.25, -0.2) is 0 Å². The highest BCUT2D eigenvalue weighted by molar-refractivity contribution is 5.28. The van der Waals surface area contributed by atoms with Gasteiger partial charge in [0, 0.05) is 25.7 Å². The van der Waals surface area contributed by atoms with Crippen molar-refractivity contribution in [2.75, 3.05) is 19.8 Å². The summed E-state index contributed by atoms with van der Waals surface area (Å²) in [5.74, 6) is 0.916. The Morgan fingerprint density at radius 3 is 2.82 bits per heavy atom. The summed E-state index contributed by atoms with van der Waals surface area (Å²) >= 11 is 0. The molecule has 0 saturated carbocycles. The first-order valence-corrected chi connectivity index (χ1v) is 6.27. The summed E-state index contributed by atoms with van der Waals surface area (Å²) in [5, 5.41) is 0. The van der Waals surface area contributed by atoms with Gasteiger partial charge in [-0.15, -0.1) is 0 Å². The van der Waals surface area contributed by atoms with Crippen molar-refractivity contribution in [1.82, 2.24) is 0 Å². The summed E-state index contributed by atoms with van der Waals surface area (Å²) in [6.45, 7) is 6.23. The predicted molar refractivity (Wildman–Crippen MR) is 70.4 cm³/mol. The number of ether oxygens (including phenoxy) is 2. The number of benzene rings is 1. The van der Waals surface area contributed by atoms with E-state index in [1.165, 1.54) is 5.56 Å². The zero-order chi connectivity index (χ0) is 12.5.